The molecule has 3 heterocycles. The molecule has 6 bridgehead atoms. The topological polar surface area (TPSA) is 129 Å². The zero-order chi connectivity index (χ0) is 25.7. The predicted octanol–water partition coefficient (Wildman–Crippen LogP) is 1.32. The number of nitrogens with one attached hydrogen (secondary N) is 3. The quantitative estimate of drug-likeness (QED) is 0.478. The molecule has 2 aliphatic carbocycles. The highest BCUT2D eigenvalue weighted by Crippen LogP contribution is 2.52. The Morgan fingerprint density at radius 2 is 1.97 bits per heavy atom. The first-order valence-electron chi connectivity index (χ1n) is 13.0. The summed E-state index contributed by atoms with van der Waals surface area (Å²) in [6.45, 7) is 4.22. The fourth-order valence-corrected chi connectivity index (χ4v) is 6.79. The molecule has 1 aromatic heterocycles. The summed E-state index contributed by atoms with van der Waals surface area (Å²) >= 11 is 0. The van der Waals surface area contributed by atoms with Crippen LogP contribution >= 0.6 is 0 Å². The number of halogens is 1. The third-order valence-corrected chi connectivity index (χ3v) is 8.61. The highest BCUT2D eigenvalue weighted by atomic mass is 19.1. The maximum Gasteiger partial charge on any atom is 0.229 e. The van der Waals surface area contributed by atoms with Crippen LogP contribution in [0.5, 0.6) is 0 Å². The second kappa shape index (κ2) is 9.44. The van der Waals surface area contributed by atoms with E-state index in [4.69, 9.17) is 5.73 Å². The van der Waals surface area contributed by atoms with Crippen LogP contribution in [-0.2, 0) is 16.0 Å². The fraction of sp³-hybridized carbons (Fsp3) is 0.538. The van der Waals surface area contributed by atoms with Gasteiger partial charge in [0.1, 0.15) is 0 Å². The Hall–Kier alpha value is -3.47. The van der Waals surface area contributed by atoms with Gasteiger partial charge < -0.3 is 31.5 Å². The van der Waals surface area contributed by atoms with Gasteiger partial charge in [-0.05, 0) is 61.4 Å². The first kappa shape index (κ1) is 23.9. The number of benzene rings is 1. The second-order valence-electron chi connectivity index (χ2n) is 10.9. The molecule has 6 rings (SSSR count). The Bertz CT molecular complexity index is 1220. The van der Waals surface area contributed by atoms with E-state index in [9.17, 15) is 14.0 Å². The number of rotatable bonds is 2. The van der Waals surface area contributed by atoms with Gasteiger partial charge in [-0.25, -0.2) is 9.37 Å². The van der Waals surface area contributed by atoms with E-state index in [0.717, 1.165) is 56.5 Å². The third kappa shape index (κ3) is 4.56. The van der Waals surface area contributed by atoms with Crippen molar-refractivity contribution in [3.8, 4) is 0 Å². The number of anilines is 4. The van der Waals surface area contributed by atoms with E-state index in [1.165, 1.54) is 0 Å². The second-order valence-corrected chi connectivity index (χ2v) is 10.9. The lowest BCUT2D eigenvalue weighted by Crippen LogP contribution is -2.47. The van der Waals surface area contributed by atoms with E-state index in [-0.39, 0.29) is 53.8 Å². The summed E-state index contributed by atoms with van der Waals surface area (Å²) < 4.78 is 14.8. The summed E-state index contributed by atoms with van der Waals surface area (Å²) in [5.41, 5.74) is 8.44. The zero-order valence-electron chi connectivity index (χ0n) is 20.9. The van der Waals surface area contributed by atoms with E-state index in [2.05, 4.69) is 42.8 Å². The van der Waals surface area contributed by atoms with Crippen molar-refractivity contribution in [1.82, 2.24) is 20.2 Å². The molecule has 5 atom stereocenters. The van der Waals surface area contributed by atoms with E-state index in [1.54, 1.807) is 0 Å². The van der Waals surface area contributed by atoms with E-state index < -0.39 is 11.7 Å². The molecular formula is C26H33FN8O2. The van der Waals surface area contributed by atoms with Gasteiger partial charge in [0.15, 0.2) is 11.6 Å². The Labute approximate surface area is 215 Å². The van der Waals surface area contributed by atoms with Gasteiger partial charge in [0.2, 0.25) is 17.8 Å². The van der Waals surface area contributed by atoms with Crippen LogP contribution in [0.15, 0.2) is 24.4 Å². The number of hydrogen-bond donors (Lipinski definition) is 4. The summed E-state index contributed by atoms with van der Waals surface area (Å²) in [6.07, 6.45) is 3.01. The van der Waals surface area contributed by atoms with Crippen LogP contribution in [0.2, 0.25) is 0 Å². The molecule has 10 nitrogen and oxygen atoms in total. The molecule has 2 amide bonds. The van der Waals surface area contributed by atoms with Gasteiger partial charge in [-0.3, -0.25) is 9.59 Å². The molecule has 1 saturated heterocycles. The number of aromatic nitrogens is 2. The van der Waals surface area contributed by atoms with E-state index in [0.29, 0.717) is 12.2 Å². The lowest BCUT2D eigenvalue weighted by Gasteiger charge is -2.35. The van der Waals surface area contributed by atoms with Gasteiger partial charge in [0, 0.05) is 50.1 Å². The van der Waals surface area contributed by atoms with Gasteiger partial charge in [0.25, 0.3) is 0 Å². The third-order valence-electron chi connectivity index (χ3n) is 8.61. The normalized spacial score (nSPS) is 29.5. The Balaban J connectivity index is 1.35. The average Bonchev–Trinajstić information content (AvgIpc) is 3.44. The van der Waals surface area contributed by atoms with Crippen LogP contribution in [0.25, 0.3) is 0 Å². The maximum atomic E-state index is 14.8. The Kier molecular flexibility index (Phi) is 6.10. The van der Waals surface area contributed by atoms with Crippen LogP contribution < -0.4 is 26.6 Å². The summed E-state index contributed by atoms with van der Waals surface area (Å²) in [7, 11) is 2.11. The fourth-order valence-electron chi connectivity index (χ4n) is 6.79. The van der Waals surface area contributed by atoms with E-state index >= 15 is 0 Å². The molecule has 11 heteroatoms. The van der Waals surface area contributed by atoms with Crippen LogP contribution in [0.4, 0.5) is 27.5 Å². The molecule has 0 radical (unpaired) electrons. The minimum absolute atomic E-state index is 0.0380. The number of likely N-dealkylation sites (N-methyl/N-ethyl adjacent to an activating group) is 1. The van der Waals surface area contributed by atoms with Crippen molar-refractivity contribution in [3.63, 3.8) is 0 Å². The van der Waals surface area contributed by atoms with Crippen LogP contribution in [0.3, 0.4) is 0 Å². The molecule has 2 aliphatic heterocycles. The Morgan fingerprint density at radius 3 is 2.76 bits per heavy atom. The molecule has 0 spiro atoms. The van der Waals surface area contributed by atoms with Crippen LogP contribution in [0, 0.1) is 29.5 Å². The predicted molar refractivity (Wildman–Crippen MR) is 138 cm³/mol. The molecule has 4 aliphatic rings. The Morgan fingerprint density at radius 1 is 1.16 bits per heavy atom. The molecule has 37 heavy (non-hydrogen) atoms. The number of fused-ring (bicyclic) bond motifs is 5. The minimum atomic E-state index is -0.586. The monoisotopic (exact) mass is 508 g/mol. The maximum absolute atomic E-state index is 14.8. The first-order chi connectivity index (χ1) is 17.9. The van der Waals surface area contributed by atoms with Crippen molar-refractivity contribution in [3.05, 3.63) is 35.8 Å². The average molecular weight is 509 g/mol. The summed E-state index contributed by atoms with van der Waals surface area (Å²) in [6, 6.07) is 5.56. The number of amides is 2. The van der Waals surface area contributed by atoms with Crippen molar-refractivity contribution in [2.75, 3.05) is 55.3 Å². The standard InChI is InChI=1S/C26H33FN8O2/c1-34-4-6-35(7-5-34)20-3-2-17-9-14(20)11-21(36)29-12-16-8-15-10-18(16)23(22(15)24(28)37)32-25-19(27)13-30-26(31-17)33-25/h2-3,9,13,15-16,18,22-23H,4-8,10-12H2,1H3,(H2,28,37)(H,29,36)(H2,30,31,32,33). The number of primary amides is 1. The zero-order valence-corrected chi connectivity index (χ0v) is 20.9. The number of nitrogens with two attached hydrogens (primary N) is 1. The van der Waals surface area contributed by atoms with Gasteiger partial charge in [-0.1, -0.05) is 0 Å². The van der Waals surface area contributed by atoms with Gasteiger partial charge >= 0.3 is 0 Å². The molecule has 5 unspecified atom stereocenters. The SMILES string of the molecule is CN1CCN(c2ccc3cc2CC(=O)NCC2CC4CC2C(Nc2nc(ncc2F)N3)C4C(N)=O)CC1. The number of piperazine rings is 1. The minimum Gasteiger partial charge on any atom is -0.369 e. The molecule has 2 saturated carbocycles. The molecule has 196 valence electrons. The van der Waals surface area contributed by atoms with Gasteiger partial charge in [-0.2, -0.15) is 4.98 Å². The van der Waals surface area contributed by atoms with E-state index in [1.807, 2.05) is 18.2 Å². The first-order valence-corrected chi connectivity index (χ1v) is 13.0. The highest BCUT2D eigenvalue weighted by molar-refractivity contribution is 5.82. The highest BCUT2D eigenvalue weighted by Gasteiger charge is 2.55. The molecule has 5 N–H and O–H groups in total. The molecule has 2 aromatic rings. The molecule has 1 aromatic carbocycles. The number of carbonyl (C=O) groups is 2. The summed E-state index contributed by atoms with van der Waals surface area (Å²) in [5, 5.41) is 9.50. The van der Waals surface area contributed by atoms with Crippen molar-refractivity contribution < 1.29 is 14.0 Å². The summed E-state index contributed by atoms with van der Waals surface area (Å²) in [5.74, 6) is -0.756. The van der Waals surface area contributed by atoms with Crippen molar-refractivity contribution in [1.29, 1.82) is 0 Å². The molecule has 3 fully saturated rings. The van der Waals surface area contributed by atoms with Gasteiger partial charge in [-0.15, -0.1) is 0 Å². The van der Waals surface area contributed by atoms with Crippen molar-refractivity contribution >= 4 is 35.0 Å². The number of hydrogen-bond acceptors (Lipinski definition) is 8. The lowest BCUT2D eigenvalue weighted by atomic mass is 9.77. The van der Waals surface area contributed by atoms with Crippen LogP contribution in [0.1, 0.15) is 18.4 Å². The van der Waals surface area contributed by atoms with Crippen molar-refractivity contribution in [2.24, 2.45) is 29.4 Å². The lowest BCUT2D eigenvalue weighted by molar-refractivity contribution is -0.124. The van der Waals surface area contributed by atoms with Crippen LogP contribution in [-0.4, -0.2) is 72.5 Å². The summed E-state index contributed by atoms with van der Waals surface area (Å²) in [4.78, 5) is 38.6. The smallest absolute Gasteiger partial charge is 0.229 e. The molecular weight excluding hydrogens is 475 g/mol. The van der Waals surface area contributed by atoms with Gasteiger partial charge in [0.05, 0.1) is 18.5 Å². The van der Waals surface area contributed by atoms with Crippen molar-refractivity contribution in [2.45, 2.75) is 25.3 Å². The largest absolute Gasteiger partial charge is 0.369 e. The number of nitrogens with zero attached hydrogens (tertiary/aromatic N) is 4. The number of carbonyl (C=O) groups excluding carboxylic acids is 2.